The average Bonchev–Trinajstić information content (AvgIpc) is 2.14. The summed E-state index contributed by atoms with van der Waals surface area (Å²) in [5.74, 6) is 0.949. The first-order valence-electron chi connectivity index (χ1n) is 5.91. The van der Waals surface area contributed by atoms with Crippen molar-refractivity contribution in [3.63, 3.8) is 0 Å². The lowest BCUT2D eigenvalue weighted by Crippen LogP contribution is -2.37. The highest BCUT2D eigenvalue weighted by Crippen LogP contribution is 2.27. The molecule has 1 aromatic carbocycles. The molecule has 1 aromatic rings. The quantitative estimate of drug-likeness (QED) is 0.888. The van der Waals surface area contributed by atoms with Gasteiger partial charge in [-0.05, 0) is 63.9 Å². The molecule has 3 heteroatoms. The Kier molecular flexibility index (Phi) is 4.84. The molecular weight excluding hydrogens is 234 g/mol. The molecule has 1 rings (SSSR count). The van der Waals surface area contributed by atoms with Crippen molar-refractivity contribution in [1.29, 1.82) is 0 Å². The Morgan fingerprint density at radius 1 is 1.29 bits per heavy atom. The van der Waals surface area contributed by atoms with Crippen molar-refractivity contribution >= 4 is 11.6 Å². The lowest BCUT2D eigenvalue weighted by Gasteiger charge is -2.21. The number of halogens is 1. The second-order valence-electron chi connectivity index (χ2n) is 5.34. The van der Waals surface area contributed by atoms with E-state index >= 15 is 0 Å². The molecule has 96 valence electrons. The van der Waals surface area contributed by atoms with E-state index in [9.17, 15) is 0 Å². The van der Waals surface area contributed by atoms with E-state index in [-0.39, 0.29) is 5.54 Å². The molecular formula is C14H22ClNO. The van der Waals surface area contributed by atoms with Crippen LogP contribution in [-0.4, -0.2) is 19.2 Å². The minimum Gasteiger partial charge on any atom is -0.496 e. The van der Waals surface area contributed by atoms with Gasteiger partial charge >= 0.3 is 0 Å². The molecule has 1 N–H and O–H groups in total. The van der Waals surface area contributed by atoms with Gasteiger partial charge in [-0.2, -0.15) is 0 Å². The SMILES string of the molecule is COc1c(C)cc(Cl)cc1CCNC(C)(C)C. The molecule has 0 aliphatic carbocycles. The van der Waals surface area contributed by atoms with Crippen molar-refractivity contribution in [3.8, 4) is 5.75 Å². The van der Waals surface area contributed by atoms with Crippen LogP contribution < -0.4 is 10.1 Å². The van der Waals surface area contributed by atoms with Crippen LogP contribution in [0, 0.1) is 6.92 Å². The summed E-state index contributed by atoms with van der Waals surface area (Å²) < 4.78 is 5.43. The van der Waals surface area contributed by atoms with E-state index < -0.39 is 0 Å². The van der Waals surface area contributed by atoms with Crippen molar-refractivity contribution in [2.75, 3.05) is 13.7 Å². The maximum Gasteiger partial charge on any atom is 0.125 e. The highest BCUT2D eigenvalue weighted by molar-refractivity contribution is 6.30. The van der Waals surface area contributed by atoms with E-state index in [2.05, 4.69) is 26.1 Å². The lowest BCUT2D eigenvalue weighted by atomic mass is 10.1. The number of rotatable bonds is 4. The zero-order valence-corrected chi connectivity index (χ0v) is 12.1. The number of ether oxygens (including phenoxy) is 1. The minimum absolute atomic E-state index is 0.140. The Morgan fingerprint density at radius 2 is 1.94 bits per heavy atom. The molecule has 0 atom stereocenters. The summed E-state index contributed by atoms with van der Waals surface area (Å²) in [5.41, 5.74) is 2.39. The Hall–Kier alpha value is -0.730. The molecule has 0 amide bonds. The number of hydrogen-bond acceptors (Lipinski definition) is 2. The van der Waals surface area contributed by atoms with Gasteiger partial charge < -0.3 is 10.1 Å². The lowest BCUT2D eigenvalue weighted by molar-refractivity contribution is 0.400. The Bertz CT molecular complexity index is 383. The van der Waals surface area contributed by atoms with Crippen LogP contribution in [0.2, 0.25) is 5.02 Å². The summed E-state index contributed by atoms with van der Waals surface area (Å²) in [6.45, 7) is 9.42. The predicted octanol–water partition coefficient (Wildman–Crippen LogP) is 3.59. The molecule has 0 aliphatic rings. The van der Waals surface area contributed by atoms with E-state index in [1.165, 1.54) is 0 Å². The molecule has 0 aromatic heterocycles. The Balaban J connectivity index is 2.76. The van der Waals surface area contributed by atoms with Gasteiger partial charge in [0.2, 0.25) is 0 Å². The fourth-order valence-electron chi connectivity index (χ4n) is 1.85. The molecule has 0 fully saturated rings. The maximum absolute atomic E-state index is 6.07. The van der Waals surface area contributed by atoms with E-state index in [0.717, 1.165) is 34.9 Å². The molecule has 0 unspecified atom stereocenters. The van der Waals surface area contributed by atoms with Crippen molar-refractivity contribution in [2.45, 2.75) is 39.7 Å². The van der Waals surface area contributed by atoms with Crippen LogP contribution in [0.25, 0.3) is 0 Å². The molecule has 2 nitrogen and oxygen atoms in total. The van der Waals surface area contributed by atoms with Crippen molar-refractivity contribution in [3.05, 3.63) is 28.3 Å². The van der Waals surface area contributed by atoms with E-state index in [1.54, 1.807) is 7.11 Å². The molecule has 0 saturated heterocycles. The van der Waals surface area contributed by atoms with Gasteiger partial charge in [0.1, 0.15) is 5.75 Å². The molecule has 0 bridgehead atoms. The smallest absolute Gasteiger partial charge is 0.125 e. The van der Waals surface area contributed by atoms with Gasteiger partial charge in [0.25, 0.3) is 0 Å². The monoisotopic (exact) mass is 255 g/mol. The van der Waals surface area contributed by atoms with E-state index in [4.69, 9.17) is 16.3 Å². The highest BCUT2D eigenvalue weighted by atomic mass is 35.5. The summed E-state index contributed by atoms with van der Waals surface area (Å²) in [6, 6.07) is 3.92. The standard InChI is InChI=1S/C14H22ClNO/c1-10-8-12(15)9-11(13(10)17-5)6-7-16-14(2,3)4/h8-9,16H,6-7H2,1-5H3. The van der Waals surface area contributed by atoms with Crippen molar-refractivity contribution < 1.29 is 4.74 Å². The molecule has 0 heterocycles. The summed E-state index contributed by atoms with van der Waals surface area (Å²) in [5, 5.41) is 4.23. The third kappa shape index (κ3) is 4.57. The predicted molar refractivity (Wildman–Crippen MR) is 74.2 cm³/mol. The average molecular weight is 256 g/mol. The first-order chi connectivity index (χ1) is 7.83. The van der Waals surface area contributed by atoms with Gasteiger partial charge in [0, 0.05) is 10.6 Å². The van der Waals surface area contributed by atoms with Crippen LogP contribution in [0.5, 0.6) is 5.75 Å². The molecule has 0 saturated carbocycles. The largest absolute Gasteiger partial charge is 0.496 e. The van der Waals surface area contributed by atoms with Crippen LogP contribution >= 0.6 is 11.6 Å². The zero-order valence-electron chi connectivity index (χ0n) is 11.4. The van der Waals surface area contributed by atoms with Crippen LogP contribution in [-0.2, 0) is 6.42 Å². The van der Waals surface area contributed by atoms with Crippen LogP contribution in [0.3, 0.4) is 0 Å². The summed E-state index contributed by atoms with van der Waals surface area (Å²) in [4.78, 5) is 0. The van der Waals surface area contributed by atoms with Gasteiger partial charge in [-0.15, -0.1) is 0 Å². The van der Waals surface area contributed by atoms with E-state index in [1.807, 2.05) is 19.1 Å². The maximum atomic E-state index is 6.07. The van der Waals surface area contributed by atoms with Gasteiger partial charge in [0.05, 0.1) is 7.11 Å². The first kappa shape index (κ1) is 14.3. The normalized spacial score (nSPS) is 11.6. The summed E-state index contributed by atoms with van der Waals surface area (Å²) in [6.07, 6.45) is 0.918. The van der Waals surface area contributed by atoms with Crippen LogP contribution in [0.1, 0.15) is 31.9 Å². The van der Waals surface area contributed by atoms with Gasteiger partial charge in [-0.3, -0.25) is 0 Å². The van der Waals surface area contributed by atoms with Gasteiger partial charge in [0.15, 0.2) is 0 Å². The number of methoxy groups -OCH3 is 1. The second-order valence-corrected chi connectivity index (χ2v) is 5.78. The third-order valence-corrected chi connectivity index (χ3v) is 2.79. The fourth-order valence-corrected chi connectivity index (χ4v) is 2.14. The molecule has 17 heavy (non-hydrogen) atoms. The highest BCUT2D eigenvalue weighted by Gasteiger charge is 2.11. The van der Waals surface area contributed by atoms with Crippen LogP contribution in [0.15, 0.2) is 12.1 Å². The molecule has 0 aliphatic heterocycles. The van der Waals surface area contributed by atoms with Crippen molar-refractivity contribution in [2.24, 2.45) is 0 Å². The fraction of sp³-hybridized carbons (Fsp3) is 0.571. The van der Waals surface area contributed by atoms with Gasteiger partial charge in [-0.1, -0.05) is 11.6 Å². The summed E-state index contributed by atoms with van der Waals surface area (Å²) in [7, 11) is 1.71. The minimum atomic E-state index is 0.140. The summed E-state index contributed by atoms with van der Waals surface area (Å²) >= 11 is 6.07. The number of benzene rings is 1. The molecule has 0 radical (unpaired) electrons. The van der Waals surface area contributed by atoms with Gasteiger partial charge in [-0.25, -0.2) is 0 Å². The van der Waals surface area contributed by atoms with Crippen molar-refractivity contribution in [1.82, 2.24) is 5.32 Å². The Morgan fingerprint density at radius 3 is 2.47 bits per heavy atom. The van der Waals surface area contributed by atoms with Crippen LogP contribution in [0.4, 0.5) is 0 Å². The topological polar surface area (TPSA) is 21.3 Å². The third-order valence-electron chi connectivity index (χ3n) is 2.57. The van der Waals surface area contributed by atoms with E-state index in [0.29, 0.717) is 0 Å². The first-order valence-corrected chi connectivity index (χ1v) is 6.29. The zero-order chi connectivity index (χ0) is 13.1. The molecule has 0 spiro atoms. The number of nitrogens with one attached hydrogen (secondary N) is 1. The number of hydrogen-bond donors (Lipinski definition) is 1. The Labute approximate surface area is 109 Å². The second kappa shape index (κ2) is 5.74. The number of aryl methyl sites for hydroxylation is 1.